The number of rotatable bonds is 2. The van der Waals surface area contributed by atoms with Crippen LogP contribution >= 0.6 is 0 Å². The summed E-state index contributed by atoms with van der Waals surface area (Å²) in [6.07, 6.45) is -0.338. The van der Waals surface area contributed by atoms with E-state index in [2.05, 4.69) is 43.4 Å². The number of para-hydroxylation sites is 3. The van der Waals surface area contributed by atoms with Crippen LogP contribution in [0.2, 0.25) is 0 Å². The number of hydrogen-bond acceptors (Lipinski definition) is 3. The van der Waals surface area contributed by atoms with Crippen molar-refractivity contribution < 1.29 is 9.21 Å². The first-order valence-electron chi connectivity index (χ1n) is 10.8. The lowest BCUT2D eigenvalue weighted by molar-refractivity contribution is 0.0974. The van der Waals surface area contributed by atoms with Crippen LogP contribution in [0.1, 0.15) is 33.2 Å². The van der Waals surface area contributed by atoms with E-state index >= 15 is 0 Å². The molecule has 4 nitrogen and oxygen atoms in total. The first kappa shape index (κ1) is 18.7. The molecule has 0 saturated heterocycles. The molecule has 32 heavy (non-hydrogen) atoms. The molecule has 1 atom stereocenters. The van der Waals surface area contributed by atoms with Crippen molar-refractivity contribution >= 4 is 39.2 Å². The zero-order valence-electron chi connectivity index (χ0n) is 17.9. The van der Waals surface area contributed by atoms with E-state index in [4.69, 9.17) is 4.42 Å². The van der Waals surface area contributed by atoms with Gasteiger partial charge in [-0.3, -0.25) is 9.69 Å². The first-order valence-corrected chi connectivity index (χ1v) is 10.8. The van der Waals surface area contributed by atoms with Crippen LogP contribution in [0.3, 0.4) is 0 Å². The number of amides is 1. The third kappa shape index (κ3) is 2.73. The molecule has 4 heteroatoms. The fourth-order valence-corrected chi connectivity index (χ4v) is 4.82. The number of benzene rings is 4. The maximum Gasteiger partial charge on any atom is 0.262 e. The number of nitrogens with one attached hydrogen (secondary N) is 1. The fraction of sp³-hybridized carbons (Fsp3) is 0.107. The van der Waals surface area contributed by atoms with Gasteiger partial charge in [0.25, 0.3) is 5.91 Å². The van der Waals surface area contributed by atoms with Crippen molar-refractivity contribution in [3.63, 3.8) is 0 Å². The molecular formula is C28H22N2O2. The fourth-order valence-electron chi connectivity index (χ4n) is 4.82. The highest BCUT2D eigenvalue weighted by atomic mass is 16.3. The molecule has 1 amide bonds. The number of nitrogens with zero attached hydrogens (tertiary/aromatic N) is 1. The van der Waals surface area contributed by atoms with Crippen LogP contribution in [0.15, 0.2) is 89.3 Å². The van der Waals surface area contributed by atoms with Crippen molar-refractivity contribution in [3.05, 3.63) is 107 Å². The Bertz CT molecular complexity index is 1490. The van der Waals surface area contributed by atoms with Crippen LogP contribution in [0.5, 0.6) is 0 Å². The minimum absolute atomic E-state index is 0.00102. The number of anilines is 2. The van der Waals surface area contributed by atoms with Crippen LogP contribution in [0.4, 0.5) is 11.4 Å². The maximum atomic E-state index is 13.8. The quantitative estimate of drug-likeness (QED) is 0.337. The highest BCUT2D eigenvalue weighted by Crippen LogP contribution is 2.40. The minimum atomic E-state index is -0.338. The summed E-state index contributed by atoms with van der Waals surface area (Å²) >= 11 is 0. The van der Waals surface area contributed by atoms with Crippen LogP contribution in [0.25, 0.3) is 21.9 Å². The summed E-state index contributed by atoms with van der Waals surface area (Å²) in [5.74, 6) is -0.00102. The molecule has 1 N–H and O–H groups in total. The van der Waals surface area contributed by atoms with E-state index in [0.717, 1.165) is 50.0 Å². The Hall–Kier alpha value is -4.05. The van der Waals surface area contributed by atoms with Gasteiger partial charge in [0.15, 0.2) is 0 Å². The molecule has 0 spiro atoms. The van der Waals surface area contributed by atoms with Gasteiger partial charge < -0.3 is 9.73 Å². The predicted octanol–water partition coefficient (Wildman–Crippen LogP) is 6.97. The third-order valence-electron chi connectivity index (χ3n) is 6.32. The van der Waals surface area contributed by atoms with Gasteiger partial charge in [-0.2, -0.15) is 0 Å². The van der Waals surface area contributed by atoms with Crippen molar-refractivity contribution in [2.24, 2.45) is 0 Å². The average molecular weight is 418 g/mol. The number of carbonyl (C=O) groups is 1. The molecule has 0 bridgehead atoms. The number of fused-ring (bicyclic) bond motifs is 4. The molecule has 2 heterocycles. The van der Waals surface area contributed by atoms with Crippen LogP contribution < -0.4 is 10.2 Å². The zero-order valence-corrected chi connectivity index (χ0v) is 17.9. The summed E-state index contributed by atoms with van der Waals surface area (Å²) in [7, 11) is 0. The second kappa shape index (κ2) is 6.99. The van der Waals surface area contributed by atoms with Gasteiger partial charge in [-0.1, -0.05) is 54.6 Å². The van der Waals surface area contributed by atoms with Crippen molar-refractivity contribution in [1.29, 1.82) is 0 Å². The molecule has 0 aliphatic carbocycles. The Kier molecular flexibility index (Phi) is 4.08. The van der Waals surface area contributed by atoms with Crippen molar-refractivity contribution in [2.45, 2.75) is 20.0 Å². The Labute approximate surface area is 186 Å². The van der Waals surface area contributed by atoms with Gasteiger partial charge in [-0.25, -0.2) is 0 Å². The molecule has 156 valence electrons. The number of carbonyl (C=O) groups excluding carboxylic acids is 1. The topological polar surface area (TPSA) is 45.5 Å². The van der Waals surface area contributed by atoms with Crippen molar-refractivity contribution in [3.8, 4) is 0 Å². The normalized spacial score (nSPS) is 15.8. The molecule has 0 radical (unpaired) electrons. The summed E-state index contributed by atoms with van der Waals surface area (Å²) in [6.45, 7) is 4.11. The van der Waals surface area contributed by atoms with Crippen molar-refractivity contribution in [2.75, 3.05) is 10.2 Å². The van der Waals surface area contributed by atoms with E-state index in [1.165, 1.54) is 0 Å². The SMILES string of the molecule is Cc1cccc(C)c1N1C(=O)c2ccccc2N[C@@H]1c1ccc2oc3ccccc3c2c1. The molecule has 1 aliphatic heterocycles. The second-order valence-electron chi connectivity index (χ2n) is 8.36. The monoisotopic (exact) mass is 418 g/mol. The third-order valence-corrected chi connectivity index (χ3v) is 6.32. The molecular weight excluding hydrogens is 396 g/mol. The Balaban J connectivity index is 1.59. The molecule has 0 unspecified atom stereocenters. The summed E-state index contributed by atoms with van der Waals surface area (Å²) < 4.78 is 6.02. The smallest absolute Gasteiger partial charge is 0.262 e. The summed E-state index contributed by atoms with van der Waals surface area (Å²) in [4.78, 5) is 15.7. The average Bonchev–Trinajstić information content (AvgIpc) is 3.18. The summed E-state index contributed by atoms with van der Waals surface area (Å²) in [5.41, 5.74) is 7.33. The number of hydrogen-bond donors (Lipinski definition) is 1. The van der Waals surface area contributed by atoms with Gasteiger partial charge in [0, 0.05) is 16.5 Å². The van der Waals surface area contributed by atoms with Crippen LogP contribution in [-0.4, -0.2) is 5.91 Å². The summed E-state index contributed by atoms with van der Waals surface area (Å²) in [6, 6.07) is 28.1. The largest absolute Gasteiger partial charge is 0.456 e. The number of aryl methyl sites for hydroxylation is 2. The van der Waals surface area contributed by atoms with Gasteiger partial charge in [0.1, 0.15) is 17.3 Å². The molecule has 5 aromatic rings. The van der Waals surface area contributed by atoms with Crippen LogP contribution in [0, 0.1) is 13.8 Å². The van der Waals surface area contributed by atoms with E-state index in [-0.39, 0.29) is 12.1 Å². The Morgan fingerprint density at radius 3 is 2.34 bits per heavy atom. The van der Waals surface area contributed by atoms with Gasteiger partial charge >= 0.3 is 0 Å². The highest BCUT2D eigenvalue weighted by Gasteiger charge is 2.35. The maximum absolute atomic E-state index is 13.8. The number of furan rings is 1. The van der Waals surface area contributed by atoms with Gasteiger partial charge in [0.2, 0.25) is 0 Å². The van der Waals surface area contributed by atoms with Gasteiger partial charge in [0.05, 0.1) is 11.3 Å². The molecule has 0 fully saturated rings. The lowest BCUT2D eigenvalue weighted by Crippen LogP contribution is -2.43. The molecule has 4 aromatic carbocycles. The molecule has 1 aliphatic rings. The van der Waals surface area contributed by atoms with Gasteiger partial charge in [-0.15, -0.1) is 0 Å². The second-order valence-corrected chi connectivity index (χ2v) is 8.36. The first-order chi connectivity index (χ1) is 15.6. The van der Waals surface area contributed by atoms with E-state index in [0.29, 0.717) is 5.56 Å². The lowest BCUT2D eigenvalue weighted by Gasteiger charge is -2.39. The zero-order chi connectivity index (χ0) is 21.8. The van der Waals surface area contributed by atoms with Crippen molar-refractivity contribution in [1.82, 2.24) is 0 Å². The predicted molar refractivity (Wildman–Crippen MR) is 129 cm³/mol. The molecule has 0 saturated carbocycles. The van der Waals surface area contributed by atoms with E-state index in [9.17, 15) is 4.79 Å². The minimum Gasteiger partial charge on any atom is -0.456 e. The van der Waals surface area contributed by atoms with Gasteiger partial charge in [-0.05, 0) is 60.9 Å². The lowest BCUT2D eigenvalue weighted by atomic mass is 9.98. The van der Waals surface area contributed by atoms with E-state index in [1.807, 2.05) is 65.6 Å². The Morgan fingerprint density at radius 2 is 1.50 bits per heavy atom. The van der Waals surface area contributed by atoms with E-state index in [1.54, 1.807) is 0 Å². The van der Waals surface area contributed by atoms with Crippen LogP contribution in [-0.2, 0) is 0 Å². The van der Waals surface area contributed by atoms with E-state index < -0.39 is 0 Å². The Morgan fingerprint density at radius 1 is 0.781 bits per heavy atom. The summed E-state index contributed by atoms with van der Waals surface area (Å²) in [5, 5.41) is 5.75. The molecule has 6 rings (SSSR count). The molecule has 1 aromatic heterocycles. The highest BCUT2D eigenvalue weighted by molar-refractivity contribution is 6.13. The standard InChI is InChI=1S/C28H22N2O2/c1-17-8-7-9-18(2)26(17)30-27(29-23-12-5-3-11-21(23)28(30)31)19-14-15-25-22(16-19)20-10-4-6-13-24(20)32-25/h3-16,27,29H,1-2H3/t27-/m0/s1.